The van der Waals surface area contributed by atoms with Crippen LogP contribution >= 0.6 is 0 Å². The first-order chi connectivity index (χ1) is 8.24. The van der Waals surface area contributed by atoms with Gasteiger partial charge in [-0.1, -0.05) is 29.8 Å². The minimum absolute atomic E-state index is 0.479. The fourth-order valence-corrected chi connectivity index (χ4v) is 1.58. The van der Waals surface area contributed by atoms with Gasteiger partial charge in [-0.15, -0.1) is 0 Å². The molecule has 2 aromatic carbocycles. The molecule has 2 aromatic rings. The molecule has 2 rings (SSSR count). The van der Waals surface area contributed by atoms with Crippen molar-refractivity contribution >= 4 is 5.69 Å². The summed E-state index contributed by atoms with van der Waals surface area (Å²) in [5.74, 6) is 0.893. The lowest BCUT2D eigenvalue weighted by Gasteiger charge is -2.09. The molecule has 0 fully saturated rings. The van der Waals surface area contributed by atoms with E-state index in [1.807, 2.05) is 18.2 Å². The van der Waals surface area contributed by atoms with E-state index in [4.69, 9.17) is 4.74 Å². The van der Waals surface area contributed by atoms with Gasteiger partial charge in [-0.2, -0.15) is 0 Å². The van der Waals surface area contributed by atoms with Gasteiger partial charge in [0.15, 0.2) is 6.73 Å². The van der Waals surface area contributed by atoms with Crippen molar-refractivity contribution < 1.29 is 4.74 Å². The lowest BCUT2D eigenvalue weighted by Crippen LogP contribution is -2.08. The molecular formula is C15H17NO. The zero-order chi connectivity index (χ0) is 12.1. The van der Waals surface area contributed by atoms with Gasteiger partial charge in [0.2, 0.25) is 0 Å². The van der Waals surface area contributed by atoms with E-state index in [2.05, 4.69) is 49.5 Å². The average Bonchev–Trinajstić information content (AvgIpc) is 2.32. The van der Waals surface area contributed by atoms with Gasteiger partial charge in [0.05, 0.1) is 0 Å². The van der Waals surface area contributed by atoms with Gasteiger partial charge in [0.1, 0.15) is 5.75 Å². The Bertz CT molecular complexity index is 477. The highest BCUT2D eigenvalue weighted by atomic mass is 16.5. The number of aryl methyl sites for hydroxylation is 2. The van der Waals surface area contributed by atoms with Crippen molar-refractivity contribution in [3.05, 3.63) is 59.7 Å². The summed E-state index contributed by atoms with van der Waals surface area (Å²) in [6.45, 7) is 4.61. The summed E-state index contributed by atoms with van der Waals surface area (Å²) in [6.07, 6.45) is 0. The molecule has 2 heteroatoms. The van der Waals surface area contributed by atoms with Crippen LogP contribution in [0.5, 0.6) is 5.75 Å². The van der Waals surface area contributed by atoms with E-state index in [-0.39, 0.29) is 0 Å². The highest BCUT2D eigenvalue weighted by Gasteiger charge is 1.94. The maximum Gasteiger partial charge on any atom is 0.159 e. The van der Waals surface area contributed by atoms with Gasteiger partial charge in [-0.3, -0.25) is 0 Å². The van der Waals surface area contributed by atoms with E-state index in [1.165, 1.54) is 11.1 Å². The molecule has 0 heterocycles. The molecule has 2 nitrogen and oxygen atoms in total. The smallest absolute Gasteiger partial charge is 0.159 e. The normalized spacial score (nSPS) is 10.0. The SMILES string of the molecule is Cc1ccc(NCOc2cccc(C)c2)cc1. The standard InChI is InChI=1S/C15H17NO/c1-12-6-8-14(9-7-12)16-11-17-15-5-3-4-13(2)10-15/h3-10,16H,11H2,1-2H3. The van der Waals surface area contributed by atoms with Crippen LogP contribution in [0, 0.1) is 13.8 Å². The van der Waals surface area contributed by atoms with E-state index in [9.17, 15) is 0 Å². The van der Waals surface area contributed by atoms with Crippen LogP contribution in [0.1, 0.15) is 11.1 Å². The largest absolute Gasteiger partial charge is 0.473 e. The Hall–Kier alpha value is -1.96. The number of benzene rings is 2. The molecule has 0 saturated heterocycles. The predicted molar refractivity (Wildman–Crippen MR) is 71.5 cm³/mol. The number of hydrogen-bond acceptors (Lipinski definition) is 2. The Morgan fingerprint density at radius 1 is 0.941 bits per heavy atom. The molecule has 0 bridgehead atoms. The van der Waals surface area contributed by atoms with Crippen LogP contribution < -0.4 is 10.1 Å². The summed E-state index contributed by atoms with van der Waals surface area (Å²) in [6, 6.07) is 16.3. The number of nitrogens with one attached hydrogen (secondary N) is 1. The van der Waals surface area contributed by atoms with Crippen LogP contribution in [0.15, 0.2) is 48.5 Å². The van der Waals surface area contributed by atoms with E-state index in [0.717, 1.165) is 11.4 Å². The highest BCUT2D eigenvalue weighted by Crippen LogP contribution is 2.13. The maximum absolute atomic E-state index is 5.61. The van der Waals surface area contributed by atoms with Crippen molar-refractivity contribution in [3.63, 3.8) is 0 Å². The van der Waals surface area contributed by atoms with E-state index in [1.54, 1.807) is 0 Å². The third kappa shape index (κ3) is 3.52. The zero-order valence-electron chi connectivity index (χ0n) is 10.2. The van der Waals surface area contributed by atoms with Gasteiger partial charge in [-0.05, 0) is 43.7 Å². The molecule has 1 N–H and O–H groups in total. The minimum Gasteiger partial charge on any atom is -0.473 e. The van der Waals surface area contributed by atoms with Gasteiger partial charge >= 0.3 is 0 Å². The van der Waals surface area contributed by atoms with Crippen molar-refractivity contribution in [3.8, 4) is 5.75 Å². The lowest BCUT2D eigenvalue weighted by atomic mass is 10.2. The first-order valence-corrected chi connectivity index (χ1v) is 5.74. The predicted octanol–water partition coefficient (Wildman–Crippen LogP) is 3.75. The topological polar surface area (TPSA) is 21.3 Å². The van der Waals surface area contributed by atoms with Gasteiger partial charge in [0.25, 0.3) is 0 Å². The summed E-state index contributed by atoms with van der Waals surface area (Å²) in [5, 5.41) is 3.22. The number of hydrogen-bond donors (Lipinski definition) is 1. The molecule has 0 amide bonds. The second-order valence-electron chi connectivity index (χ2n) is 4.15. The zero-order valence-corrected chi connectivity index (χ0v) is 10.2. The molecule has 0 radical (unpaired) electrons. The molecule has 0 aromatic heterocycles. The molecule has 0 saturated carbocycles. The van der Waals surface area contributed by atoms with E-state index < -0.39 is 0 Å². The fraction of sp³-hybridized carbons (Fsp3) is 0.200. The Morgan fingerprint density at radius 3 is 2.41 bits per heavy atom. The number of anilines is 1. The Morgan fingerprint density at radius 2 is 1.71 bits per heavy atom. The van der Waals surface area contributed by atoms with Gasteiger partial charge in [0, 0.05) is 5.69 Å². The van der Waals surface area contributed by atoms with E-state index in [0.29, 0.717) is 6.73 Å². The third-order valence-corrected chi connectivity index (χ3v) is 2.56. The van der Waals surface area contributed by atoms with Crippen molar-refractivity contribution in [1.82, 2.24) is 0 Å². The molecule has 0 aliphatic rings. The van der Waals surface area contributed by atoms with Crippen molar-refractivity contribution in [2.75, 3.05) is 12.0 Å². The molecule has 0 aliphatic heterocycles. The van der Waals surface area contributed by atoms with Crippen LogP contribution in [-0.2, 0) is 0 Å². The molecular weight excluding hydrogens is 210 g/mol. The Labute approximate surface area is 102 Å². The van der Waals surface area contributed by atoms with Crippen LogP contribution in [0.25, 0.3) is 0 Å². The lowest BCUT2D eigenvalue weighted by molar-refractivity contribution is 0.346. The summed E-state index contributed by atoms with van der Waals surface area (Å²) < 4.78 is 5.61. The molecule has 0 atom stereocenters. The molecule has 17 heavy (non-hydrogen) atoms. The second-order valence-corrected chi connectivity index (χ2v) is 4.15. The number of rotatable bonds is 4. The Kier molecular flexibility index (Phi) is 3.66. The van der Waals surface area contributed by atoms with Crippen LogP contribution in [0.4, 0.5) is 5.69 Å². The third-order valence-electron chi connectivity index (χ3n) is 2.56. The highest BCUT2D eigenvalue weighted by molar-refractivity contribution is 5.44. The summed E-state index contributed by atoms with van der Waals surface area (Å²) in [4.78, 5) is 0. The number of ether oxygens (including phenoxy) is 1. The molecule has 0 spiro atoms. The minimum atomic E-state index is 0.479. The first-order valence-electron chi connectivity index (χ1n) is 5.74. The summed E-state index contributed by atoms with van der Waals surface area (Å²) >= 11 is 0. The van der Waals surface area contributed by atoms with Crippen LogP contribution in [0.3, 0.4) is 0 Å². The average molecular weight is 227 g/mol. The molecule has 0 unspecified atom stereocenters. The fourth-order valence-electron chi connectivity index (χ4n) is 1.58. The van der Waals surface area contributed by atoms with Gasteiger partial charge < -0.3 is 10.1 Å². The molecule has 0 aliphatic carbocycles. The Balaban J connectivity index is 1.85. The van der Waals surface area contributed by atoms with Crippen molar-refractivity contribution in [2.45, 2.75) is 13.8 Å². The van der Waals surface area contributed by atoms with E-state index >= 15 is 0 Å². The second kappa shape index (κ2) is 5.39. The van der Waals surface area contributed by atoms with Crippen LogP contribution in [-0.4, -0.2) is 6.73 Å². The van der Waals surface area contributed by atoms with Crippen LogP contribution in [0.2, 0.25) is 0 Å². The van der Waals surface area contributed by atoms with Gasteiger partial charge in [-0.25, -0.2) is 0 Å². The monoisotopic (exact) mass is 227 g/mol. The van der Waals surface area contributed by atoms with Crippen molar-refractivity contribution in [1.29, 1.82) is 0 Å². The first kappa shape index (κ1) is 11.5. The molecule has 88 valence electrons. The summed E-state index contributed by atoms with van der Waals surface area (Å²) in [5.41, 5.74) is 3.54. The summed E-state index contributed by atoms with van der Waals surface area (Å²) in [7, 11) is 0. The van der Waals surface area contributed by atoms with Crippen molar-refractivity contribution in [2.24, 2.45) is 0 Å². The maximum atomic E-state index is 5.61. The quantitative estimate of drug-likeness (QED) is 0.803.